The first-order valence-corrected chi connectivity index (χ1v) is 12.5. The number of hydrogen-bond donors (Lipinski definition) is 3. The number of ether oxygens (including phenoxy) is 1. The molecule has 0 radical (unpaired) electrons. The van der Waals surface area contributed by atoms with Crippen LogP contribution in [0.5, 0.6) is 11.5 Å². The second-order valence-electron chi connectivity index (χ2n) is 8.57. The summed E-state index contributed by atoms with van der Waals surface area (Å²) in [4.78, 5) is 16.7. The number of aliphatic hydroxyl groups is 1. The molecule has 0 aliphatic heterocycles. The van der Waals surface area contributed by atoms with Crippen molar-refractivity contribution in [1.82, 2.24) is 15.6 Å². The average molecular weight is 577 g/mol. The molecule has 0 saturated carbocycles. The first-order valence-electron chi connectivity index (χ1n) is 12.1. The predicted molar refractivity (Wildman–Crippen MR) is 158 cm³/mol. The quantitative estimate of drug-likeness (QED) is 0.177. The molecule has 1 heterocycles. The third-order valence-corrected chi connectivity index (χ3v) is 6.05. The summed E-state index contributed by atoms with van der Waals surface area (Å²) in [5, 5.41) is 17.9. The number of nitrogens with zero attached hydrogens (tertiary/aromatic N) is 1. The molecular weight excluding hydrogens is 545 g/mol. The molecule has 1 amide bonds. The van der Waals surface area contributed by atoms with Gasteiger partial charge in [-0.25, -0.2) is 0 Å². The van der Waals surface area contributed by atoms with E-state index in [0.29, 0.717) is 34.9 Å². The standard InChI is InChI=1S/C29H30ClN3O3.2ClH/c1-2-14-33-29(35)22-8-11-25-26(18-22)32-16-13-28(25)36-24-9-6-20(7-10-24)12-15-31-19-27(34)21-4-3-5-23(30)17-21;;/h3-11,13,16-18,27,31,34H,2,12,14-15,19H2,1H3,(H,33,35);2*1H/t27-;;/m0../s1. The maximum Gasteiger partial charge on any atom is 0.251 e. The molecule has 1 atom stereocenters. The van der Waals surface area contributed by atoms with E-state index >= 15 is 0 Å². The van der Waals surface area contributed by atoms with Crippen molar-refractivity contribution in [3.05, 3.63) is 101 Å². The molecule has 3 N–H and O–H groups in total. The van der Waals surface area contributed by atoms with Crippen molar-refractivity contribution in [1.29, 1.82) is 0 Å². The minimum atomic E-state index is -0.600. The van der Waals surface area contributed by atoms with Crippen molar-refractivity contribution in [3.8, 4) is 11.5 Å². The number of nitrogens with one attached hydrogen (secondary N) is 2. The molecule has 0 spiro atoms. The Labute approximate surface area is 240 Å². The summed E-state index contributed by atoms with van der Waals surface area (Å²) < 4.78 is 6.13. The summed E-state index contributed by atoms with van der Waals surface area (Å²) in [6.45, 7) is 3.86. The maximum atomic E-state index is 12.3. The fourth-order valence-corrected chi connectivity index (χ4v) is 4.05. The van der Waals surface area contributed by atoms with E-state index in [9.17, 15) is 9.90 Å². The van der Waals surface area contributed by atoms with Gasteiger partial charge in [0.25, 0.3) is 5.91 Å². The lowest BCUT2D eigenvalue weighted by molar-refractivity contribution is 0.0953. The van der Waals surface area contributed by atoms with Crippen LogP contribution < -0.4 is 15.4 Å². The van der Waals surface area contributed by atoms with Gasteiger partial charge in [-0.05, 0) is 79.0 Å². The molecule has 6 nitrogen and oxygen atoms in total. The lowest BCUT2D eigenvalue weighted by Gasteiger charge is -2.13. The van der Waals surface area contributed by atoms with Crippen molar-refractivity contribution < 1.29 is 14.6 Å². The zero-order valence-electron chi connectivity index (χ0n) is 21.0. The molecule has 1 aromatic heterocycles. The van der Waals surface area contributed by atoms with Gasteiger partial charge in [-0.2, -0.15) is 0 Å². The molecule has 0 saturated heterocycles. The number of amides is 1. The zero-order valence-corrected chi connectivity index (χ0v) is 23.4. The zero-order chi connectivity index (χ0) is 25.3. The Morgan fingerprint density at radius 3 is 2.55 bits per heavy atom. The highest BCUT2D eigenvalue weighted by atomic mass is 35.5. The maximum absolute atomic E-state index is 12.3. The number of halogens is 3. The number of carbonyl (C=O) groups excluding carboxylic acids is 1. The first kappa shape index (κ1) is 31.3. The Morgan fingerprint density at radius 2 is 1.82 bits per heavy atom. The van der Waals surface area contributed by atoms with Gasteiger partial charge in [0.15, 0.2) is 0 Å². The van der Waals surface area contributed by atoms with Crippen LogP contribution in [0.1, 0.15) is 40.9 Å². The topological polar surface area (TPSA) is 83.5 Å². The molecule has 4 rings (SSSR count). The van der Waals surface area contributed by atoms with Gasteiger partial charge in [0.05, 0.1) is 11.6 Å². The van der Waals surface area contributed by atoms with E-state index in [2.05, 4.69) is 15.6 Å². The molecule has 0 aliphatic rings. The number of rotatable bonds is 11. The SMILES string of the molecule is CCCNC(=O)c1ccc2c(Oc3ccc(CCNC[C@H](O)c4cccc(Cl)c4)cc3)ccnc2c1.Cl.Cl. The first-order chi connectivity index (χ1) is 17.5. The Morgan fingerprint density at radius 1 is 1.03 bits per heavy atom. The number of pyridine rings is 1. The van der Waals surface area contributed by atoms with Crippen LogP contribution in [0.15, 0.2) is 79.0 Å². The van der Waals surface area contributed by atoms with Crippen molar-refractivity contribution in [2.24, 2.45) is 0 Å². The van der Waals surface area contributed by atoms with E-state index in [1.807, 2.05) is 55.5 Å². The van der Waals surface area contributed by atoms with Crippen LogP contribution in [0.2, 0.25) is 5.02 Å². The van der Waals surface area contributed by atoms with Crippen molar-refractivity contribution in [3.63, 3.8) is 0 Å². The van der Waals surface area contributed by atoms with Crippen molar-refractivity contribution >= 4 is 53.2 Å². The Hall–Kier alpha value is -2.87. The predicted octanol–water partition coefficient (Wildman–Crippen LogP) is 6.53. The van der Waals surface area contributed by atoms with Crippen LogP contribution in [0.4, 0.5) is 0 Å². The highest BCUT2D eigenvalue weighted by Crippen LogP contribution is 2.29. The summed E-state index contributed by atoms with van der Waals surface area (Å²) >= 11 is 6.00. The van der Waals surface area contributed by atoms with Crippen molar-refractivity contribution in [2.45, 2.75) is 25.9 Å². The second-order valence-corrected chi connectivity index (χ2v) is 9.00. The number of aromatic nitrogens is 1. The molecule has 0 fully saturated rings. The minimum Gasteiger partial charge on any atom is -0.457 e. The van der Waals surface area contributed by atoms with Crippen LogP contribution >= 0.6 is 36.4 Å². The molecule has 0 aliphatic carbocycles. The molecule has 0 unspecified atom stereocenters. The van der Waals surface area contributed by atoms with Gasteiger partial charge in [-0.3, -0.25) is 9.78 Å². The van der Waals surface area contributed by atoms with Gasteiger partial charge >= 0.3 is 0 Å². The van der Waals surface area contributed by atoms with Gasteiger partial charge in [0.2, 0.25) is 0 Å². The number of benzene rings is 3. The van der Waals surface area contributed by atoms with Crippen molar-refractivity contribution in [2.75, 3.05) is 19.6 Å². The third-order valence-electron chi connectivity index (χ3n) is 5.81. The van der Waals surface area contributed by atoms with E-state index in [-0.39, 0.29) is 30.7 Å². The van der Waals surface area contributed by atoms with Gasteiger partial charge in [0, 0.05) is 35.3 Å². The van der Waals surface area contributed by atoms with E-state index in [4.69, 9.17) is 16.3 Å². The van der Waals surface area contributed by atoms with E-state index < -0.39 is 6.10 Å². The number of aliphatic hydroxyl groups excluding tert-OH is 1. The molecule has 38 heavy (non-hydrogen) atoms. The normalized spacial score (nSPS) is 11.2. The summed E-state index contributed by atoms with van der Waals surface area (Å²) in [7, 11) is 0. The molecule has 9 heteroatoms. The second kappa shape index (κ2) is 15.5. The van der Waals surface area contributed by atoms with Crippen LogP contribution in [0.25, 0.3) is 10.9 Å². The largest absolute Gasteiger partial charge is 0.457 e. The summed E-state index contributed by atoms with van der Waals surface area (Å²) in [6.07, 6.45) is 2.79. The lowest BCUT2D eigenvalue weighted by Crippen LogP contribution is -2.23. The number of carbonyl (C=O) groups is 1. The fraction of sp³-hybridized carbons (Fsp3) is 0.241. The van der Waals surface area contributed by atoms with Gasteiger partial charge in [0.1, 0.15) is 11.5 Å². The minimum absolute atomic E-state index is 0. The number of fused-ring (bicyclic) bond motifs is 1. The highest BCUT2D eigenvalue weighted by Gasteiger charge is 2.10. The van der Waals surface area contributed by atoms with E-state index in [0.717, 1.165) is 41.6 Å². The van der Waals surface area contributed by atoms with Gasteiger partial charge < -0.3 is 20.5 Å². The summed E-state index contributed by atoms with van der Waals surface area (Å²) in [5.74, 6) is 1.31. The Kier molecular flexibility index (Phi) is 12.8. The molecular formula is C29H32Cl3N3O3. The Bertz CT molecular complexity index is 1320. The monoisotopic (exact) mass is 575 g/mol. The molecule has 0 bridgehead atoms. The van der Waals surface area contributed by atoms with Crippen LogP contribution in [-0.4, -0.2) is 35.6 Å². The molecule has 3 aromatic carbocycles. The van der Waals surface area contributed by atoms with Crippen LogP contribution in [-0.2, 0) is 6.42 Å². The number of hydrogen-bond acceptors (Lipinski definition) is 5. The molecule has 4 aromatic rings. The summed E-state index contributed by atoms with van der Waals surface area (Å²) in [6, 6.07) is 22.5. The summed E-state index contributed by atoms with van der Waals surface area (Å²) in [5.41, 5.74) is 3.25. The van der Waals surface area contributed by atoms with E-state index in [1.54, 1.807) is 30.5 Å². The lowest BCUT2D eigenvalue weighted by atomic mass is 10.1. The van der Waals surface area contributed by atoms with E-state index in [1.165, 1.54) is 0 Å². The van der Waals surface area contributed by atoms with Gasteiger partial charge in [-0.15, -0.1) is 24.8 Å². The van der Waals surface area contributed by atoms with Gasteiger partial charge in [-0.1, -0.05) is 42.8 Å². The third kappa shape index (κ3) is 8.58. The highest BCUT2D eigenvalue weighted by molar-refractivity contribution is 6.30. The average Bonchev–Trinajstić information content (AvgIpc) is 2.90. The fourth-order valence-electron chi connectivity index (χ4n) is 3.85. The van der Waals surface area contributed by atoms with Crippen LogP contribution in [0, 0.1) is 0 Å². The molecule has 202 valence electrons. The smallest absolute Gasteiger partial charge is 0.251 e. The van der Waals surface area contributed by atoms with Crippen LogP contribution in [0.3, 0.4) is 0 Å². The Balaban J connectivity index is 0.00000253.